The summed E-state index contributed by atoms with van der Waals surface area (Å²) in [6, 6.07) is 0. The van der Waals surface area contributed by atoms with Gasteiger partial charge in [0.15, 0.2) is 0 Å². The van der Waals surface area contributed by atoms with Crippen LogP contribution in [0.5, 0.6) is 0 Å². The topological polar surface area (TPSA) is 0 Å². The Kier molecular flexibility index (Phi) is 3.72. The molecule has 0 spiro atoms. The molecular weight excluding hydrogens is 146 g/mol. The summed E-state index contributed by atoms with van der Waals surface area (Å²) >= 11 is 0. The molecule has 11 heavy (non-hydrogen) atoms. The van der Waals surface area contributed by atoms with Crippen molar-refractivity contribution in [3.8, 4) is 0 Å². The summed E-state index contributed by atoms with van der Waals surface area (Å²) < 4.78 is 25.3. The van der Waals surface area contributed by atoms with E-state index in [4.69, 9.17) is 0 Å². The second-order valence-corrected chi connectivity index (χ2v) is 2.53. The Bertz CT molecular complexity index is 200. The first-order chi connectivity index (χ1) is 5.00. The first-order valence-corrected chi connectivity index (χ1v) is 3.37. The van der Waals surface area contributed by atoms with Gasteiger partial charge in [0.2, 0.25) is 0 Å². The summed E-state index contributed by atoms with van der Waals surface area (Å²) in [5.41, 5.74) is 0.000000000000000222. The molecule has 0 aliphatic rings. The van der Waals surface area contributed by atoms with Gasteiger partial charge in [0.25, 0.3) is 0 Å². The molecule has 0 heterocycles. The zero-order valence-electron chi connectivity index (χ0n) is 6.82. The van der Waals surface area contributed by atoms with E-state index >= 15 is 0 Å². The highest BCUT2D eigenvalue weighted by molar-refractivity contribution is 5.31. The van der Waals surface area contributed by atoms with Gasteiger partial charge in [-0.2, -0.15) is 0 Å². The highest BCUT2D eigenvalue weighted by Gasteiger charge is 2.11. The minimum atomic E-state index is -0.725. The van der Waals surface area contributed by atoms with Crippen LogP contribution in [0.15, 0.2) is 36.5 Å². The van der Waals surface area contributed by atoms with E-state index in [0.29, 0.717) is 0 Å². The maximum absolute atomic E-state index is 12.8. The lowest BCUT2D eigenvalue weighted by molar-refractivity contribution is 0.567. The van der Waals surface area contributed by atoms with Gasteiger partial charge in [-0.05, 0) is 12.0 Å². The van der Waals surface area contributed by atoms with Crippen LogP contribution < -0.4 is 0 Å². The number of hydrogen-bond donors (Lipinski definition) is 0. The molecule has 0 atom stereocenters. The second kappa shape index (κ2) is 4.06. The van der Waals surface area contributed by atoms with E-state index in [2.05, 4.69) is 13.2 Å². The van der Waals surface area contributed by atoms with Crippen LogP contribution in [-0.4, -0.2) is 0 Å². The van der Waals surface area contributed by atoms with E-state index in [1.54, 1.807) is 13.8 Å². The molecule has 0 aromatic rings. The lowest BCUT2D eigenvalue weighted by atomic mass is 10.0. The van der Waals surface area contributed by atoms with Crippen LogP contribution in [-0.2, 0) is 0 Å². The van der Waals surface area contributed by atoms with E-state index in [1.807, 2.05) is 0 Å². The summed E-state index contributed by atoms with van der Waals surface area (Å²) in [7, 11) is 0. The van der Waals surface area contributed by atoms with Crippen LogP contribution >= 0.6 is 0 Å². The molecule has 0 bridgehead atoms. The third-order valence-corrected chi connectivity index (χ3v) is 1.31. The van der Waals surface area contributed by atoms with Crippen molar-refractivity contribution in [2.75, 3.05) is 0 Å². The number of allylic oxidation sites excluding steroid dienone is 4. The monoisotopic (exact) mass is 158 g/mol. The summed E-state index contributed by atoms with van der Waals surface area (Å²) in [5, 5.41) is 0. The predicted molar refractivity (Wildman–Crippen MR) is 43.4 cm³/mol. The Balaban J connectivity index is 4.87. The van der Waals surface area contributed by atoms with E-state index in [-0.39, 0.29) is 11.5 Å². The molecule has 0 N–H and O–H groups in total. The molecule has 0 aliphatic heterocycles. The molecule has 0 radical (unpaired) electrons. The molecule has 0 fully saturated rings. The molecule has 0 nitrogen and oxygen atoms in total. The maximum atomic E-state index is 12.8. The third kappa shape index (κ3) is 2.66. The Morgan fingerprint density at radius 3 is 1.91 bits per heavy atom. The van der Waals surface area contributed by atoms with E-state index in [0.717, 1.165) is 6.08 Å². The van der Waals surface area contributed by atoms with Crippen molar-refractivity contribution in [2.24, 2.45) is 5.92 Å². The van der Waals surface area contributed by atoms with Crippen LogP contribution in [0.2, 0.25) is 0 Å². The number of rotatable bonds is 3. The van der Waals surface area contributed by atoms with E-state index < -0.39 is 11.7 Å². The van der Waals surface area contributed by atoms with Gasteiger partial charge in [0.1, 0.15) is 11.7 Å². The first-order valence-electron chi connectivity index (χ1n) is 3.37. The van der Waals surface area contributed by atoms with Gasteiger partial charge in [0.05, 0.1) is 0 Å². The minimum absolute atomic E-state index is 0.000000000000000222. The Morgan fingerprint density at radius 1 is 1.36 bits per heavy atom. The van der Waals surface area contributed by atoms with Crippen LogP contribution in [0.3, 0.4) is 0 Å². The van der Waals surface area contributed by atoms with Gasteiger partial charge in [-0.1, -0.05) is 27.0 Å². The molecule has 2 heteroatoms. The second-order valence-electron chi connectivity index (χ2n) is 2.53. The normalized spacial score (nSPS) is 12.8. The van der Waals surface area contributed by atoms with Crippen molar-refractivity contribution in [1.29, 1.82) is 0 Å². The SMILES string of the molecule is C=C/C(F)=C(\C(=C)F)C(C)C. The van der Waals surface area contributed by atoms with E-state index in [1.165, 1.54) is 0 Å². The lowest BCUT2D eigenvalue weighted by Gasteiger charge is -2.07. The molecular formula is C9H12F2. The average Bonchev–Trinajstić information content (AvgIpc) is 1.85. The third-order valence-electron chi connectivity index (χ3n) is 1.31. The van der Waals surface area contributed by atoms with Gasteiger partial charge in [-0.25, -0.2) is 8.78 Å². The summed E-state index contributed by atoms with van der Waals surface area (Å²) in [5.74, 6) is -1.56. The quantitative estimate of drug-likeness (QED) is 0.551. The van der Waals surface area contributed by atoms with Crippen molar-refractivity contribution in [3.63, 3.8) is 0 Å². The Hall–Kier alpha value is -0.920. The summed E-state index contributed by atoms with van der Waals surface area (Å²) in [6.45, 7) is 9.63. The highest BCUT2D eigenvalue weighted by atomic mass is 19.1. The van der Waals surface area contributed by atoms with Crippen LogP contribution in [0, 0.1) is 5.92 Å². The molecule has 0 aromatic carbocycles. The van der Waals surface area contributed by atoms with E-state index in [9.17, 15) is 8.78 Å². The predicted octanol–water partition coefficient (Wildman–Crippen LogP) is 3.54. The fourth-order valence-electron chi connectivity index (χ4n) is 0.829. The number of hydrogen-bond acceptors (Lipinski definition) is 0. The molecule has 0 saturated carbocycles. The van der Waals surface area contributed by atoms with Gasteiger partial charge >= 0.3 is 0 Å². The van der Waals surface area contributed by atoms with Gasteiger partial charge in [0, 0.05) is 5.57 Å². The van der Waals surface area contributed by atoms with Crippen LogP contribution in [0.4, 0.5) is 8.78 Å². The summed E-state index contributed by atoms with van der Waals surface area (Å²) in [6.07, 6.45) is 0.986. The van der Waals surface area contributed by atoms with Gasteiger partial charge < -0.3 is 0 Å². The first kappa shape index (κ1) is 10.1. The smallest absolute Gasteiger partial charge is 0.128 e. The van der Waals surface area contributed by atoms with Gasteiger partial charge in [-0.15, -0.1) is 0 Å². The Labute approximate surface area is 65.9 Å². The lowest BCUT2D eigenvalue weighted by Crippen LogP contribution is -1.96. The molecule has 0 amide bonds. The highest BCUT2D eigenvalue weighted by Crippen LogP contribution is 2.24. The minimum Gasteiger partial charge on any atom is -0.207 e. The zero-order chi connectivity index (χ0) is 9.02. The Morgan fingerprint density at radius 2 is 1.82 bits per heavy atom. The molecule has 62 valence electrons. The maximum Gasteiger partial charge on any atom is 0.128 e. The molecule has 0 rings (SSSR count). The van der Waals surface area contributed by atoms with Crippen molar-refractivity contribution in [2.45, 2.75) is 13.8 Å². The van der Waals surface area contributed by atoms with Crippen molar-refractivity contribution < 1.29 is 8.78 Å². The average molecular weight is 158 g/mol. The fourth-order valence-corrected chi connectivity index (χ4v) is 0.829. The fraction of sp³-hybridized carbons (Fsp3) is 0.333. The summed E-state index contributed by atoms with van der Waals surface area (Å²) in [4.78, 5) is 0. The van der Waals surface area contributed by atoms with Gasteiger partial charge in [-0.3, -0.25) is 0 Å². The number of halogens is 2. The van der Waals surface area contributed by atoms with Crippen molar-refractivity contribution >= 4 is 0 Å². The molecule has 0 aromatic heterocycles. The molecule has 0 saturated heterocycles. The van der Waals surface area contributed by atoms with Crippen molar-refractivity contribution in [3.05, 3.63) is 36.5 Å². The van der Waals surface area contributed by atoms with Crippen LogP contribution in [0.1, 0.15) is 13.8 Å². The largest absolute Gasteiger partial charge is 0.207 e. The zero-order valence-corrected chi connectivity index (χ0v) is 6.82. The van der Waals surface area contributed by atoms with Crippen LogP contribution in [0.25, 0.3) is 0 Å². The molecule has 0 aliphatic carbocycles. The molecule has 0 unspecified atom stereocenters. The standard InChI is InChI=1S/C9H12F2/c1-5-8(11)9(6(2)3)7(4)10/h5-6H,1,4H2,2-3H3/b9-8+. The van der Waals surface area contributed by atoms with Crippen molar-refractivity contribution in [1.82, 2.24) is 0 Å².